The van der Waals surface area contributed by atoms with E-state index in [0.717, 1.165) is 12.1 Å². The number of nitrogens with one attached hydrogen (secondary N) is 1. The lowest BCUT2D eigenvalue weighted by atomic mass is 9.97. The molecule has 1 heterocycles. The second-order valence-electron chi connectivity index (χ2n) is 4.85. The number of nitriles is 1. The predicted molar refractivity (Wildman–Crippen MR) is 70.5 cm³/mol. The number of hydrogen-bond acceptors (Lipinski definition) is 6. The van der Waals surface area contributed by atoms with E-state index in [2.05, 4.69) is 10.2 Å². The quantitative estimate of drug-likeness (QED) is 0.638. The molecule has 0 aliphatic heterocycles. The molecule has 1 unspecified atom stereocenters. The summed E-state index contributed by atoms with van der Waals surface area (Å²) >= 11 is 0. The Labute approximate surface area is 136 Å². The van der Waals surface area contributed by atoms with Crippen molar-refractivity contribution in [3.05, 3.63) is 40.8 Å². The number of rotatable bonds is 4. The number of hydrogen-bond donors (Lipinski definition) is 2. The van der Waals surface area contributed by atoms with Gasteiger partial charge in [0.05, 0.1) is 17.2 Å². The number of benzene rings is 1. The van der Waals surface area contributed by atoms with E-state index in [1.54, 1.807) is 0 Å². The van der Waals surface area contributed by atoms with E-state index in [9.17, 15) is 26.3 Å². The maximum Gasteiger partial charge on any atom is 0.457 e. The van der Waals surface area contributed by atoms with Crippen molar-refractivity contribution in [2.45, 2.75) is 24.9 Å². The van der Waals surface area contributed by atoms with Crippen LogP contribution in [0.25, 0.3) is 0 Å². The van der Waals surface area contributed by atoms with Gasteiger partial charge in [-0.2, -0.15) is 31.6 Å². The minimum atomic E-state index is -4.90. The third kappa shape index (κ3) is 4.83. The number of nitrogens with zero attached hydrogens (tertiary/aromatic N) is 3. The fourth-order valence-electron chi connectivity index (χ4n) is 2.08. The molecule has 0 fully saturated rings. The van der Waals surface area contributed by atoms with E-state index < -0.39 is 42.1 Å². The van der Waals surface area contributed by atoms with Crippen LogP contribution in [0.3, 0.4) is 0 Å². The molecular weight excluding hydrogens is 356 g/mol. The summed E-state index contributed by atoms with van der Waals surface area (Å²) in [6.07, 6.45) is -10.4. The zero-order chi connectivity index (χ0) is 18.8. The first-order valence-corrected chi connectivity index (χ1v) is 6.53. The summed E-state index contributed by atoms with van der Waals surface area (Å²) in [7, 11) is 0. The highest BCUT2D eigenvalue weighted by molar-refractivity contribution is 5.43. The predicted octanol–water partition coefficient (Wildman–Crippen LogP) is 2.94. The Morgan fingerprint density at radius 1 is 1.20 bits per heavy atom. The SMILES string of the molecule is N#Cc1ccc(C(Cc2nnc(N)o2)NC(F)(F)F)cc1C(F)(F)F. The van der Waals surface area contributed by atoms with Crippen LogP contribution in [0, 0.1) is 11.3 Å². The molecule has 1 aromatic heterocycles. The van der Waals surface area contributed by atoms with Crippen molar-refractivity contribution in [3.63, 3.8) is 0 Å². The average Bonchev–Trinajstić information content (AvgIpc) is 2.89. The summed E-state index contributed by atoms with van der Waals surface area (Å²) in [6, 6.07) is 1.55. The molecule has 2 rings (SSSR count). The lowest BCUT2D eigenvalue weighted by Gasteiger charge is -2.21. The largest absolute Gasteiger partial charge is 0.457 e. The van der Waals surface area contributed by atoms with Gasteiger partial charge in [-0.15, -0.1) is 5.10 Å². The molecule has 6 nitrogen and oxygen atoms in total. The van der Waals surface area contributed by atoms with Gasteiger partial charge in [-0.3, -0.25) is 0 Å². The second kappa shape index (κ2) is 6.60. The smallest absolute Gasteiger partial charge is 0.408 e. The van der Waals surface area contributed by atoms with Gasteiger partial charge in [0.2, 0.25) is 5.89 Å². The summed E-state index contributed by atoms with van der Waals surface area (Å²) in [6.45, 7) is 0. The van der Waals surface area contributed by atoms with Gasteiger partial charge in [-0.05, 0) is 17.7 Å². The summed E-state index contributed by atoms with van der Waals surface area (Å²) in [5.74, 6) is -0.294. The van der Waals surface area contributed by atoms with Gasteiger partial charge in [-0.1, -0.05) is 11.2 Å². The maximum absolute atomic E-state index is 13.0. The van der Waals surface area contributed by atoms with Crippen molar-refractivity contribution in [3.8, 4) is 6.07 Å². The molecule has 134 valence electrons. The van der Waals surface area contributed by atoms with Gasteiger partial charge in [0.1, 0.15) is 0 Å². The Balaban J connectivity index is 2.44. The van der Waals surface area contributed by atoms with Crippen molar-refractivity contribution < 1.29 is 30.8 Å². The molecule has 3 N–H and O–H groups in total. The molecule has 25 heavy (non-hydrogen) atoms. The number of nitrogens with two attached hydrogens (primary N) is 1. The Bertz CT molecular complexity index is 791. The van der Waals surface area contributed by atoms with Crippen molar-refractivity contribution in [2.24, 2.45) is 0 Å². The third-order valence-electron chi connectivity index (χ3n) is 3.07. The summed E-state index contributed by atoms with van der Waals surface area (Å²) in [4.78, 5) is 0. The van der Waals surface area contributed by atoms with Gasteiger partial charge in [0.15, 0.2) is 0 Å². The van der Waals surface area contributed by atoms with Crippen LogP contribution in [0.15, 0.2) is 22.6 Å². The summed E-state index contributed by atoms with van der Waals surface area (Å²) < 4.78 is 81.9. The van der Waals surface area contributed by atoms with Crippen LogP contribution in [0.5, 0.6) is 0 Å². The molecule has 12 heteroatoms. The molecule has 0 aliphatic carbocycles. The van der Waals surface area contributed by atoms with Gasteiger partial charge in [-0.25, -0.2) is 5.32 Å². The van der Waals surface area contributed by atoms with Crippen LogP contribution < -0.4 is 11.1 Å². The monoisotopic (exact) mass is 365 g/mol. The number of anilines is 1. The second-order valence-corrected chi connectivity index (χ2v) is 4.85. The van der Waals surface area contributed by atoms with Crippen molar-refractivity contribution in [2.75, 3.05) is 5.73 Å². The molecule has 0 saturated carbocycles. The molecule has 0 amide bonds. The average molecular weight is 365 g/mol. The van der Waals surface area contributed by atoms with E-state index >= 15 is 0 Å². The van der Waals surface area contributed by atoms with Crippen LogP contribution in [-0.2, 0) is 12.6 Å². The fourth-order valence-corrected chi connectivity index (χ4v) is 2.08. The van der Waals surface area contributed by atoms with Crippen LogP contribution >= 0.6 is 0 Å². The first-order chi connectivity index (χ1) is 11.5. The normalized spacial score (nSPS) is 13.5. The Morgan fingerprint density at radius 2 is 1.88 bits per heavy atom. The van der Waals surface area contributed by atoms with Gasteiger partial charge < -0.3 is 10.2 Å². The Hall–Kier alpha value is -2.81. The zero-order valence-corrected chi connectivity index (χ0v) is 12.1. The highest BCUT2D eigenvalue weighted by Crippen LogP contribution is 2.34. The van der Waals surface area contributed by atoms with Crippen molar-refractivity contribution in [1.82, 2.24) is 15.5 Å². The van der Waals surface area contributed by atoms with E-state index in [0.29, 0.717) is 6.07 Å². The van der Waals surface area contributed by atoms with Crippen molar-refractivity contribution >= 4 is 6.01 Å². The van der Waals surface area contributed by atoms with Crippen LogP contribution in [0.2, 0.25) is 0 Å². The maximum atomic E-state index is 13.0. The van der Waals surface area contributed by atoms with Gasteiger partial charge in [0, 0.05) is 12.5 Å². The highest BCUT2D eigenvalue weighted by atomic mass is 19.4. The highest BCUT2D eigenvalue weighted by Gasteiger charge is 2.37. The van der Waals surface area contributed by atoms with E-state index in [-0.39, 0.29) is 11.5 Å². The molecule has 2 aromatic rings. The minimum absolute atomic E-state index is 0.294. The zero-order valence-electron chi connectivity index (χ0n) is 12.1. The first-order valence-electron chi connectivity index (χ1n) is 6.53. The molecule has 0 saturated heterocycles. The van der Waals surface area contributed by atoms with Crippen LogP contribution in [0.4, 0.5) is 32.4 Å². The standard InChI is InChI=1S/C13H9F6N5O/c14-12(15,16)8-3-6(1-2-7(8)5-20)9(22-13(17,18)19)4-10-23-24-11(21)25-10/h1-3,9,22H,4H2,(H2,21,24). The molecular formula is C13H9F6N5O. The topological polar surface area (TPSA) is 101 Å². The summed E-state index contributed by atoms with van der Waals surface area (Å²) in [5.41, 5.74) is 2.77. The molecule has 0 bridgehead atoms. The van der Waals surface area contributed by atoms with E-state index in [1.165, 1.54) is 11.4 Å². The number of alkyl halides is 6. The minimum Gasteiger partial charge on any atom is -0.408 e. The Kier molecular flexibility index (Phi) is 4.89. The number of aromatic nitrogens is 2. The molecule has 0 spiro atoms. The number of nitrogen functional groups attached to an aromatic ring is 1. The lowest BCUT2D eigenvalue weighted by molar-refractivity contribution is -0.164. The lowest BCUT2D eigenvalue weighted by Crippen LogP contribution is -2.36. The number of halogens is 6. The van der Waals surface area contributed by atoms with E-state index in [4.69, 9.17) is 15.4 Å². The van der Waals surface area contributed by atoms with Gasteiger partial charge in [0.25, 0.3) is 0 Å². The fraction of sp³-hybridized carbons (Fsp3) is 0.308. The molecule has 1 atom stereocenters. The third-order valence-corrected chi connectivity index (χ3v) is 3.07. The van der Waals surface area contributed by atoms with Crippen molar-refractivity contribution in [1.29, 1.82) is 5.26 Å². The van der Waals surface area contributed by atoms with Crippen LogP contribution in [-0.4, -0.2) is 16.5 Å². The van der Waals surface area contributed by atoms with Gasteiger partial charge >= 0.3 is 18.5 Å². The summed E-state index contributed by atoms with van der Waals surface area (Å²) in [5, 5.41) is 16.6. The molecule has 0 aliphatic rings. The molecule has 1 aromatic carbocycles. The Morgan fingerprint density at radius 3 is 2.36 bits per heavy atom. The van der Waals surface area contributed by atoms with E-state index in [1.807, 2.05) is 0 Å². The van der Waals surface area contributed by atoms with Crippen LogP contribution in [0.1, 0.15) is 28.6 Å². The first kappa shape index (κ1) is 18.5. The molecule has 0 radical (unpaired) electrons.